The normalized spacial score (nSPS) is 10.6. The van der Waals surface area contributed by atoms with Crippen LogP contribution in [0, 0.1) is 11.6 Å². The fourth-order valence-corrected chi connectivity index (χ4v) is 1.13. The lowest BCUT2D eigenvalue weighted by molar-refractivity contribution is 0.0857. The highest BCUT2D eigenvalue weighted by molar-refractivity contribution is 6.32. The first-order valence-corrected chi connectivity index (χ1v) is 4.07. The van der Waals surface area contributed by atoms with E-state index in [1.807, 2.05) is 0 Å². The van der Waals surface area contributed by atoms with Gasteiger partial charge in [0.25, 0.3) is 0 Å². The Bertz CT molecular complexity index is 347. The van der Waals surface area contributed by atoms with Gasteiger partial charge in [-0.1, -0.05) is 11.6 Å². The molecule has 0 fully saturated rings. The highest BCUT2D eigenvalue weighted by atomic mass is 35.5. The minimum Gasteiger partial charge on any atom is -0.504 e. The Kier molecular flexibility index (Phi) is 3.62. The summed E-state index contributed by atoms with van der Waals surface area (Å²) in [5.74, 6) is -3.38. The second kappa shape index (κ2) is 4.54. The fourth-order valence-electron chi connectivity index (χ4n) is 0.913. The van der Waals surface area contributed by atoms with Crippen LogP contribution in [0.15, 0.2) is 6.07 Å². The maximum Gasteiger partial charge on any atom is 0.202 e. The van der Waals surface area contributed by atoms with Crippen molar-refractivity contribution in [1.29, 1.82) is 0 Å². The van der Waals surface area contributed by atoms with Gasteiger partial charge in [0.1, 0.15) is 0 Å². The topological polar surface area (TPSA) is 41.5 Å². The van der Waals surface area contributed by atoms with Gasteiger partial charge >= 0.3 is 0 Å². The second-order valence-corrected chi connectivity index (χ2v) is 2.93. The van der Waals surface area contributed by atoms with E-state index in [0.717, 1.165) is 6.07 Å². The summed E-state index contributed by atoms with van der Waals surface area (Å²) in [4.78, 5) is 4.47. The number of hydrogen-bond donors (Lipinski definition) is 2. The number of hydroxylamine groups is 1. The van der Waals surface area contributed by atoms with Crippen LogP contribution in [0.3, 0.4) is 0 Å². The van der Waals surface area contributed by atoms with Crippen molar-refractivity contribution < 1.29 is 18.7 Å². The monoisotopic (exact) mass is 223 g/mol. The molecule has 0 aromatic heterocycles. The van der Waals surface area contributed by atoms with Crippen molar-refractivity contribution >= 4 is 11.6 Å². The van der Waals surface area contributed by atoms with Crippen molar-refractivity contribution in [3.63, 3.8) is 0 Å². The Morgan fingerprint density at radius 3 is 2.71 bits per heavy atom. The molecule has 1 aromatic rings. The van der Waals surface area contributed by atoms with Crippen molar-refractivity contribution in [1.82, 2.24) is 5.48 Å². The van der Waals surface area contributed by atoms with E-state index < -0.39 is 17.4 Å². The average Bonchev–Trinajstić information content (AvgIpc) is 2.18. The molecule has 6 heteroatoms. The van der Waals surface area contributed by atoms with Gasteiger partial charge in [-0.3, -0.25) is 0 Å². The van der Waals surface area contributed by atoms with Crippen molar-refractivity contribution in [3.05, 3.63) is 28.3 Å². The Hall–Kier alpha value is -0.910. The molecule has 0 amide bonds. The molecule has 0 aliphatic heterocycles. The van der Waals surface area contributed by atoms with E-state index in [0.29, 0.717) is 0 Å². The number of hydrogen-bond acceptors (Lipinski definition) is 3. The van der Waals surface area contributed by atoms with Gasteiger partial charge in [0, 0.05) is 12.1 Å². The van der Waals surface area contributed by atoms with Crippen LogP contribution in [0.5, 0.6) is 5.75 Å². The summed E-state index contributed by atoms with van der Waals surface area (Å²) in [5.41, 5.74) is 2.31. The van der Waals surface area contributed by atoms with Crippen LogP contribution >= 0.6 is 11.6 Å². The first kappa shape index (κ1) is 11.2. The SMILES string of the molecule is CONCc1cc(Cl)c(O)c(F)c1F. The van der Waals surface area contributed by atoms with Crippen molar-refractivity contribution in [2.75, 3.05) is 7.11 Å². The molecule has 0 radical (unpaired) electrons. The van der Waals surface area contributed by atoms with Gasteiger partial charge in [-0.05, 0) is 6.07 Å². The molecular weight excluding hydrogens is 216 g/mol. The van der Waals surface area contributed by atoms with E-state index >= 15 is 0 Å². The van der Waals surface area contributed by atoms with Crippen molar-refractivity contribution in [3.8, 4) is 5.75 Å². The van der Waals surface area contributed by atoms with E-state index in [1.54, 1.807) is 0 Å². The standard InChI is InChI=1S/C8H8ClF2NO2/c1-14-12-3-4-2-5(9)8(13)7(11)6(4)10/h2,12-13H,3H2,1H3. The molecule has 0 bridgehead atoms. The molecule has 14 heavy (non-hydrogen) atoms. The Morgan fingerprint density at radius 1 is 1.50 bits per heavy atom. The Morgan fingerprint density at radius 2 is 2.14 bits per heavy atom. The zero-order chi connectivity index (χ0) is 10.7. The van der Waals surface area contributed by atoms with Crippen molar-refractivity contribution in [2.24, 2.45) is 0 Å². The lowest BCUT2D eigenvalue weighted by Gasteiger charge is -2.07. The van der Waals surface area contributed by atoms with Gasteiger partial charge in [0.05, 0.1) is 12.1 Å². The number of halogens is 3. The van der Waals surface area contributed by atoms with Gasteiger partial charge in [-0.15, -0.1) is 0 Å². The predicted molar refractivity (Wildman–Crippen MR) is 46.9 cm³/mol. The maximum absolute atomic E-state index is 13.1. The maximum atomic E-state index is 13.1. The summed E-state index contributed by atoms with van der Waals surface area (Å²) in [6.07, 6.45) is 0. The molecule has 0 saturated heterocycles. The number of phenolic OH excluding ortho intramolecular Hbond substituents is 1. The molecule has 1 rings (SSSR count). The van der Waals surface area contributed by atoms with Gasteiger partial charge in [0.15, 0.2) is 11.6 Å². The second-order valence-electron chi connectivity index (χ2n) is 2.52. The summed E-state index contributed by atoms with van der Waals surface area (Å²) < 4.78 is 26.0. The van der Waals surface area contributed by atoms with E-state index in [2.05, 4.69) is 10.3 Å². The minimum atomic E-state index is -1.36. The smallest absolute Gasteiger partial charge is 0.202 e. The number of phenols is 1. The largest absolute Gasteiger partial charge is 0.504 e. The fraction of sp³-hybridized carbons (Fsp3) is 0.250. The van der Waals surface area contributed by atoms with Crippen LogP contribution in [0.4, 0.5) is 8.78 Å². The van der Waals surface area contributed by atoms with Crippen LogP contribution in [-0.2, 0) is 11.4 Å². The first-order chi connectivity index (χ1) is 6.57. The summed E-state index contributed by atoms with van der Waals surface area (Å²) in [6, 6.07) is 1.13. The van der Waals surface area contributed by atoms with E-state index in [4.69, 9.17) is 16.7 Å². The van der Waals surface area contributed by atoms with E-state index in [-0.39, 0.29) is 17.1 Å². The number of benzene rings is 1. The summed E-state index contributed by atoms with van der Waals surface area (Å²) in [6.45, 7) is -0.0424. The van der Waals surface area contributed by atoms with Crippen molar-refractivity contribution in [2.45, 2.75) is 6.54 Å². The predicted octanol–water partition coefficient (Wildman–Crippen LogP) is 1.97. The van der Waals surface area contributed by atoms with E-state index in [1.165, 1.54) is 7.11 Å². The lowest BCUT2D eigenvalue weighted by atomic mass is 10.2. The van der Waals surface area contributed by atoms with Gasteiger partial charge in [0.2, 0.25) is 5.82 Å². The quantitative estimate of drug-likeness (QED) is 0.608. The number of nitrogens with one attached hydrogen (secondary N) is 1. The van der Waals surface area contributed by atoms with Crippen LogP contribution in [0.1, 0.15) is 5.56 Å². The molecule has 0 spiro atoms. The van der Waals surface area contributed by atoms with Gasteiger partial charge in [-0.2, -0.15) is 9.87 Å². The van der Waals surface area contributed by atoms with Gasteiger partial charge in [-0.25, -0.2) is 4.39 Å². The molecule has 0 heterocycles. The zero-order valence-electron chi connectivity index (χ0n) is 7.27. The van der Waals surface area contributed by atoms with Crippen LogP contribution < -0.4 is 5.48 Å². The molecule has 1 aromatic carbocycles. The molecule has 0 aliphatic rings. The third-order valence-corrected chi connectivity index (χ3v) is 1.90. The van der Waals surface area contributed by atoms with Crippen LogP contribution in [-0.4, -0.2) is 12.2 Å². The molecule has 0 saturated carbocycles. The molecule has 0 unspecified atom stereocenters. The summed E-state index contributed by atoms with van der Waals surface area (Å²) in [7, 11) is 1.34. The third kappa shape index (κ3) is 2.12. The minimum absolute atomic E-state index is 0.0212. The third-order valence-electron chi connectivity index (χ3n) is 1.62. The molecule has 0 atom stereocenters. The van der Waals surface area contributed by atoms with Gasteiger partial charge < -0.3 is 9.94 Å². The molecule has 3 nitrogen and oxygen atoms in total. The summed E-state index contributed by atoms with van der Waals surface area (Å²) >= 11 is 5.44. The van der Waals surface area contributed by atoms with E-state index in [9.17, 15) is 8.78 Å². The Balaban J connectivity index is 3.06. The highest BCUT2D eigenvalue weighted by Crippen LogP contribution is 2.30. The van der Waals surface area contributed by atoms with Crippen LogP contribution in [0.25, 0.3) is 0 Å². The highest BCUT2D eigenvalue weighted by Gasteiger charge is 2.16. The lowest BCUT2D eigenvalue weighted by Crippen LogP contribution is -2.12. The molecule has 2 N–H and O–H groups in total. The zero-order valence-corrected chi connectivity index (χ0v) is 8.03. The Labute approximate surface area is 84.2 Å². The molecule has 0 aliphatic carbocycles. The number of rotatable bonds is 3. The molecular formula is C8H8ClF2NO2. The molecule has 78 valence electrons. The van der Waals surface area contributed by atoms with Crippen LogP contribution in [0.2, 0.25) is 5.02 Å². The number of aromatic hydroxyl groups is 1. The average molecular weight is 224 g/mol. The summed E-state index contributed by atoms with van der Waals surface area (Å²) in [5, 5.41) is 8.70. The first-order valence-electron chi connectivity index (χ1n) is 3.69.